The van der Waals surface area contributed by atoms with Crippen LogP contribution in [0.5, 0.6) is 0 Å². The number of hydrogen-bond donors (Lipinski definition) is 3. The Labute approximate surface area is 205 Å². The Bertz CT molecular complexity index is 1280. The van der Waals surface area contributed by atoms with Crippen LogP contribution in [0.1, 0.15) is 44.0 Å². The zero-order valence-corrected chi connectivity index (χ0v) is 20.6. The number of carbonyl (C=O) groups excluding carboxylic acids is 2. The fourth-order valence-corrected chi connectivity index (χ4v) is 4.98. The number of carbonyl (C=O) groups is 2. The van der Waals surface area contributed by atoms with E-state index in [0.29, 0.717) is 34.4 Å². The van der Waals surface area contributed by atoms with Gasteiger partial charge in [-0.3, -0.25) is 14.4 Å². The number of hydrogen-bond acceptors (Lipinski definition) is 5. The van der Waals surface area contributed by atoms with Crippen LogP contribution < -0.4 is 16.2 Å². The van der Waals surface area contributed by atoms with Crippen LogP contribution in [0.25, 0.3) is 22.3 Å². The minimum Gasteiger partial charge on any atom is -0.352 e. The first kappa shape index (κ1) is 24.6. The zero-order valence-electron chi connectivity index (χ0n) is 20.6. The molecule has 0 bridgehead atoms. The highest BCUT2D eigenvalue weighted by Crippen LogP contribution is 2.25. The van der Waals surface area contributed by atoms with Gasteiger partial charge in [0.2, 0.25) is 5.91 Å². The van der Waals surface area contributed by atoms with Gasteiger partial charge in [0.05, 0.1) is 16.7 Å². The summed E-state index contributed by atoms with van der Waals surface area (Å²) in [7, 11) is 0. The molecule has 184 valence electrons. The molecule has 8 heteroatoms. The van der Waals surface area contributed by atoms with Crippen LogP contribution in [0.4, 0.5) is 5.69 Å². The van der Waals surface area contributed by atoms with E-state index in [4.69, 9.17) is 0 Å². The summed E-state index contributed by atoms with van der Waals surface area (Å²) >= 11 is 0. The van der Waals surface area contributed by atoms with E-state index in [1.54, 1.807) is 42.5 Å². The van der Waals surface area contributed by atoms with Crippen LogP contribution in [0, 0.1) is 11.8 Å². The lowest BCUT2D eigenvalue weighted by atomic mass is 9.92. The fraction of sp³-hybridized carbons (Fsp3) is 0.407. The van der Waals surface area contributed by atoms with Crippen molar-refractivity contribution < 1.29 is 9.59 Å². The molecule has 0 radical (unpaired) electrons. The number of likely N-dealkylation sites (tertiary alicyclic amines) is 1. The average molecular weight is 476 g/mol. The molecule has 0 aliphatic carbocycles. The van der Waals surface area contributed by atoms with Crippen molar-refractivity contribution in [1.29, 1.82) is 0 Å². The maximum absolute atomic E-state index is 12.8. The van der Waals surface area contributed by atoms with E-state index in [2.05, 4.69) is 39.3 Å². The van der Waals surface area contributed by atoms with E-state index in [-0.39, 0.29) is 17.5 Å². The highest BCUT2D eigenvalue weighted by molar-refractivity contribution is 5.98. The molecule has 2 heterocycles. The maximum atomic E-state index is 12.8. The number of nitrogens with zero attached hydrogens (tertiary/aromatic N) is 2. The first-order valence-corrected chi connectivity index (χ1v) is 12.2. The number of aromatic nitrogens is 2. The van der Waals surface area contributed by atoms with Gasteiger partial charge in [0, 0.05) is 37.7 Å². The summed E-state index contributed by atoms with van der Waals surface area (Å²) in [5, 5.41) is 5.72. The molecule has 0 unspecified atom stereocenters. The number of amides is 2. The van der Waals surface area contributed by atoms with Crippen molar-refractivity contribution in [3.8, 4) is 11.3 Å². The van der Waals surface area contributed by atoms with Gasteiger partial charge < -0.3 is 20.5 Å². The Morgan fingerprint density at radius 1 is 1.11 bits per heavy atom. The number of rotatable bonds is 7. The molecule has 8 nitrogen and oxygen atoms in total. The predicted molar refractivity (Wildman–Crippen MR) is 138 cm³/mol. The zero-order chi connectivity index (χ0) is 24.9. The van der Waals surface area contributed by atoms with Crippen LogP contribution in [0.3, 0.4) is 0 Å². The topological polar surface area (TPSA) is 107 Å². The van der Waals surface area contributed by atoms with Gasteiger partial charge in [-0.05, 0) is 55.5 Å². The largest absolute Gasteiger partial charge is 0.352 e. The van der Waals surface area contributed by atoms with Gasteiger partial charge in [-0.25, -0.2) is 4.98 Å². The van der Waals surface area contributed by atoms with Crippen LogP contribution in [-0.4, -0.2) is 52.9 Å². The summed E-state index contributed by atoms with van der Waals surface area (Å²) in [6.45, 7) is 9.84. The first-order valence-electron chi connectivity index (χ1n) is 12.2. The van der Waals surface area contributed by atoms with Gasteiger partial charge in [-0.15, -0.1) is 0 Å². The monoisotopic (exact) mass is 475 g/mol. The van der Waals surface area contributed by atoms with Crippen molar-refractivity contribution in [1.82, 2.24) is 20.2 Å². The van der Waals surface area contributed by atoms with Crippen molar-refractivity contribution in [3.05, 3.63) is 58.4 Å². The third-order valence-corrected chi connectivity index (χ3v) is 6.33. The summed E-state index contributed by atoms with van der Waals surface area (Å²) in [5.74, 6) is 1.04. The Kier molecular flexibility index (Phi) is 7.60. The normalized spacial score (nSPS) is 18.4. The van der Waals surface area contributed by atoms with E-state index in [1.165, 1.54) is 13.3 Å². The van der Waals surface area contributed by atoms with Crippen molar-refractivity contribution in [2.75, 3.05) is 31.5 Å². The van der Waals surface area contributed by atoms with Crippen LogP contribution in [0.2, 0.25) is 0 Å². The molecule has 2 atom stereocenters. The Hall–Kier alpha value is -3.52. The fourth-order valence-electron chi connectivity index (χ4n) is 4.98. The molecule has 1 aliphatic rings. The third kappa shape index (κ3) is 6.14. The van der Waals surface area contributed by atoms with Crippen molar-refractivity contribution >= 4 is 28.5 Å². The Balaban J connectivity index is 1.43. The van der Waals surface area contributed by atoms with Crippen LogP contribution in [0.15, 0.2) is 47.3 Å². The van der Waals surface area contributed by atoms with Crippen LogP contribution in [-0.2, 0) is 4.79 Å². The average Bonchev–Trinajstić information content (AvgIpc) is 2.80. The van der Waals surface area contributed by atoms with Gasteiger partial charge in [0.1, 0.15) is 5.69 Å². The van der Waals surface area contributed by atoms with Crippen molar-refractivity contribution in [2.24, 2.45) is 11.8 Å². The highest BCUT2D eigenvalue weighted by Gasteiger charge is 2.21. The molecule has 1 fully saturated rings. The van der Waals surface area contributed by atoms with Gasteiger partial charge in [0.25, 0.3) is 11.5 Å². The number of nitrogens with one attached hydrogen (secondary N) is 3. The molecule has 2 aromatic carbocycles. The molecule has 2 amide bonds. The second-order valence-corrected chi connectivity index (χ2v) is 9.69. The number of anilines is 1. The number of fused-ring (bicyclic) bond motifs is 1. The first-order chi connectivity index (χ1) is 16.8. The molecular formula is C27H33N5O3. The van der Waals surface area contributed by atoms with E-state index in [1.807, 2.05) is 0 Å². The minimum absolute atomic E-state index is 0.173. The Morgan fingerprint density at radius 2 is 1.86 bits per heavy atom. The third-order valence-electron chi connectivity index (χ3n) is 6.33. The number of H-pyrrole nitrogens is 1. The molecular weight excluding hydrogens is 442 g/mol. The lowest BCUT2D eigenvalue weighted by molar-refractivity contribution is -0.114. The van der Waals surface area contributed by atoms with Crippen molar-refractivity contribution in [2.45, 2.75) is 33.6 Å². The SMILES string of the molecule is CC(=O)Nc1ccccc1-c1nc2ccc(C(=O)NCCCN3C[C@@H](C)C[C@H](C)C3)cc2[nH]c1=O. The molecule has 35 heavy (non-hydrogen) atoms. The van der Waals surface area contributed by atoms with Gasteiger partial charge >= 0.3 is 0 Å². The Morgan fingerprint density at radius 3 is 2.60 bits per heavy atom. The quantitative estimate of drug-likeness (QED) is 0.452. The lowest BCUT2D eigenvalue weighted by Crippen LogP contribution is -2.40. The smallest absolute Gasteiger partial charge is 0.275 e. The minimum atomic E-state index is -0.391. The molecule has 4 rings (SSSR count). The number of benzene rings is 2. The van der Waals surface area contributed by atoms with Gasteiger partial charge in [-0.1, -0.05) is 32.0 Å². The summed E-state index contributed by atoms with van der Waals surface area (Å²) in [6, 6.07) is 12.1. The number of para-hydroxylation sites is 1. The second kappa shape index (κ2) is 10.8. The van der Waals surface area contributed by atoms with E-state index >= 15 is 0 Å². The molecule has 3 N–H and O–H groups in total. The van der Waals surface area contributed by atoms with Gasteiger partial charge in [0.15, 0.2) is 0 Å². The maximum Gasteiger partial charge on any atom is 0.275 e. The molecule has 1 aromatic heterocycles. The molecule has 1 aliphatic heterocycles. The molecule has 3 aromatic rings. The van der Waals surface area contributed by atoms with Crippen LogP contribution >= 0.6 is 0 Å². The summed E-state index contributed by atoms with van der Waals surface area (Å²) in [4.78, 5) is 46.9. The second-order valence-electron chi connectivity index (χ2n) is 9.69. The summed E-state index contributed by atoms with van der Waals surface area (Å²) in [5.41, 5.74) is 2.38. The van der Waals surface area contributed by atoms with Crippen molar-refractivity contribution in [3.63, 3.8) is 0 Å². The summed E-state index contributed by atoms with van der Waals surface area (Å²) < 4.78 is 0. The van der Waals surface area contributed by atoms with E-state index < -0.39 is 5.56 Å². The predicted octanol–water partition coefficient (Wildman–Crippen LogP) is 3.65. The molecule has 0 spiro atoms. The van der Waals surface area contributed by atoms with Gasteiger partial charge in [-0.2, -0.15) is 0 Å². The molecule has 1 saturated heterocycles. The van der Waals surface area contributed by atoms with E-state index in [0.717, 1.165) is 37.9 Å². The number of piperidine rings is 1. The standard InChI is InChI=1S/C27H33N5O3/c1-17-13-18(2)16-32(15-17)12-6-11-28-26(34)20-9-10-23-24(14-20)31-27(35)25(30-23)21-7-4-5-8-22(21)29-19(3)33/h4-5,7-10,14,17-18H,6,11-13,15-16H2,1-3H3,(H,28,34)(H,29,33)(H,31,35)/t17-,18-/m0/s1. The highest BCUT2D eigenvalue weighted by atomic mass is 16.2. The van der Waals surface area contributed by atoms with E-state index in [9.17, 15) is 14.4 Å². The summed E-state index contributed by atoms with van der Waals surface area (Å²) in [6.07, 6.45) is 2.18. The number of aromatic amines is 1. The lowest BCUT2D eigenvalue weighted by Gasteiger charge is -2.34. The molecule has 0 saturated carbocycles.